The van der Waals surface area contributed by atoms with Crippen LogP contribution in [0.25, 0.3) is 0 Å². The predicted molar refractivity (Wildman–Crippen MR) is 45.6 cm³/mol. The summed E-state index contributed by atoms with van der Waals surface area (Å²) in [4.78, 5) is 10.3. The number of allylic oxidation sites excluding steroid dienone is 3. The maximum Gasteiger partial charge on any atom is 0.327 e. The summed E-state index contributed by atoms with van der Waals surface area (Å²) in [6, 6.07) is 0. The van der Waals surface area contributed by atoms with E-state index in [-0.39, 0.29) is 0 Å². The summed E-state index contributed by atoms with van der Waals surface area (Å²) in [5.74, 6) is 0.988. The average Bonchev–Trinajstić information content (AvgIpc) is 2.60. The van der Waals surface area contributed by atoms with Crippen LogP contribution in [0, 0.1) is 17.8 Å². The number of fused-ring (bicyclic) bond motifs is 2. The molecule has 1 saturated carbocycles. The van der Waals surface area contributed by atoms with E-state index in [2.05, 4.69) is 12.2 Å². The van der Waals surface area contributed by atoms with Crippen molar-refractivity contribution in [3.05, 3.63) is 24.3 Å². The first-order valence-electron chi connectivity index (χ1n) is 4.35. The van der Waals surface area contributed by atoms with E-state index in [0.717, 1.165) is 12.3 Å². The summed E-state index contributed by atoms with van der Waals surface area (Å²) < 4.78 is 0. The second-order valence-electron chi connectivity index (χ2n) is 3.64. The van der Waals surface area contributed by atoms with Crippen LogP contribution < -0.4 is 0 Å². The number of hydrogen-bond donors (Lipinski definition) is 1. The van der Waals surface area contributed by atoms with Crippen molar-refractivity contribution < 1.29 is 9.90 Å². The van der Waals surface area contributed by atoms with Gasteiger partial charge in [-0.15, -0.1) is 0 Å². The molecule has 0 aromatic carbocycles. The average molecular weight is 164 g/mol. The molecule has 0 aromatic rings. The molecule has 3 atom stereocenters. The first kappa shape index (κ1) is 7.59. The third kappa shape index (κ3) is 1.29. The standard InChI is InChI=1S/C10H12O2/c11-10(12)4-3-9-6-7-1-2-8(9)5-7/h1-4,7-9H,5-6H2,(H,11,12)/b4-3-/t7-,8-,9-/m0/s1. The zero-order chi connectivity index (χ0) is 8.55. The maximum atomic E-state index is 10.3. The van der Waals surface area contributed by atoms with Crippen LogP contribution in [0.5, 0.6) is 0 Å². The van der Waals surface area contributed by atoms with Crippen molar-refractivity contribution in [3.8, 4) is 0 Å². The molecule has 2 aliphatic carbocycles. The second kappa shape index (κ2) is 2.77. The highest BCUT2D eigenvalue weighted by atomic mass is 16.4. The topological polar surface area (TPSA) is 37.3 Å². The lowest BCUT2D eigenvalue weighted by Gasteiger charge is -2.12. The zero-order valence-electron chi connectivity index (χ0n) is 6.81. The van der Waals surface area contributed by atoms with E-state index < -0.39 is 5.97 Å². The van der Waals surface area contributed by atoms with Gasteiger partial charge in [0, 0.05) is 6.08 Å². The van der Waals surface area contributed by atoms with Crippen LogP contribution in [0.2, 0.25) is 0 Å². The molecular formula is C10H12O2. The fraction of sp³-hybridized carbons (Fsp3) is 0.500. The second-order valence-corrected chi connectivity index (χ2v) is 3.64. The van der Waals surface area contributed by atoms with E-state index in [0.29, 0.717) is 11.8 Å². The first-order valence-corrected chi connectivity index (χ1v) is 4.35. The van der Waals surface area contributed by atoms with Crippen molar-refractivity contribution in [1.29, 1.82) is 0 Å². The van der Waals surface area contributed by atoms with E-state index in [1.54, 1.807) is 0 Å². The van der Waals surface area contributed by atoms with E-state index in [1.807, 2.05) is 6.08 Å². The maximum absolute atomic E-state index is 10.3. The Balaban J connectivity index is 1.99. The van der Waals surface area contributed by atoms with Gasteiger partial charge in [-0.2, -0.15) is 0 Å². The molecule has 0 unspecified atom stereocenters. The van der Waals surface area contributed by atoms with Crippen LogP contribution in [0.15, 0.2) is 24.3 Å². The Morgan fingerprint density at radius 1 is 1.42 bits per heavy atom. The molecule has 0 aromatic heterocycles. The van der Waals surface area contributed by atoms with Crippen molar-refractivity contribution in [2.24, 2.45) is 17.8 Å². The number of carbonyl (C=O) groups is 1. The summed E-state index contributed by atoms with van der Waals surface area (Å²) in [6.45, 7) is 0. The largest absolute Gasteiger partial charge is 0.478 e. The molecule has 2 rings (SSSR count). The lowest BCUT2D eigenvalue weighted by Crippen LogP contribution is -2.03. The molecule has 64 valence electrons. The summed E-state index contributed by atoms with van der Waals surface area (Å²) in [5.41, 5.74) is 0. The van der Waals surface area contributed by atoms with Crippen molar-refractivity contribution in [1.82, 2.24) is 0 Å². The molecule has 0 radical (unpaired) electrons. The van der Waals surface area contributed by atoms with Gasteiger partial charge in [-0.1, -0.05) is 18.2 Å². The summed E-state index contributed by atoms with van der Waals surface area (Å²) in [5, 5.41) is 8.44. The highest BCUT2D eigenvalue weighted by Gasteiger charge is 2.33. The molecule has 12 heavy (non-hydrogen) atoms. The third-order valence-electron chi connectivity index (χ3n) is 2.82. The minimum absolute atomic E-state index is 0.482. The summed E-state index contributed by atoms with van der Waals surface area (Å²) in [7, 11) is 0. The van der Waals surface area contributed by atoms with E-state index in [9.17, 15) is 4.79 Å². The zero-order valence-corrected chi connectivity index (χ0v) is 6.81. The Labute approximate surface area is 71.6 Å². The number of carboxylic acid groups (broad SMARTS) is 1. The van der Waals surface area contributed by atoms with Gasteiger partial charge < -0.3 is 5.11 Å². The highest BCUT2D eigenvalue weighted by Crippen LogP contribution is 2.43. The molecule has 0 aliphatic heterocycles. The Hall–Kier alpha value is -1.05. The van der Waals surface area contributed by atoms with Gasteiger partial charge in [0.05, 0.1) is 0 Å². The lowest BCUT2D eigenvalue weighted by atomic mass is 9.93. The monoisotopic (exact) mass is 164 g/mol. The van der Waals surface area contributed by atoms with Gasteiger partial charge in [-0.05, 0) is 30.6 Å². The van der Waals surface area contributed by atoms with Gasteiger partial charge in [0.25, 0.3) is 0 Å². The molecule has 1 fully saturated rings. The highest BCUT2D eigenvalue weighted by molar-refractivity contribution is 5.79. The Bertz CT molecular complexity index is 253. The molecular weight excluding hydrogens is 152 g/mol. The van der Waals surface area contributed by atoms with E-state index >= 15 is 0 Å². The molecule has 0 saturated heterocycles. The fourth-order valence-electron chi connectivity index (χ4n) is 2.25. The SMILES string of the molecule is O=C(O)/C=C\[C@H]1C[C@H]2C=C[C@H]1C2. The van der Waals surface area contributed by atoms with Crippen molar-refractivity contribution >= 4 is 5.97 Å². The van der Waals surface area contributed by atoms with Gasteiger partial charge in [0.15, 0.2) is 0 Å². The van der Waals surface area contributed by atoms with Gasteiger partial charge in [-0.25, -0.2) is 4.79 Å². The minimum Gasteiger partial charge on any atom is -0.478 e. The molecule has 2 bridgehead atoms. The molecule has 1 N–H and O–H groups in total. The predicted octanol–water partition coefficient (Wildman–Crippen LogP) is 1.84. The van der Waals surface area contributed by atoms with Gasteiger partial charge in [0.2, 0.25) is 0 Å². The van der Waals surface area contributed by atoms with Gasteiger partial charge in [0.1, 0.15) is 0 Å². The molecule has 2 nitrogen and oxygen atoms in total. The van der Waals surface area contributed by atoms with Crippen LogP contribution in [-0.2, 0) is 4.79 Å². The summed E-state index contributed by atoms with van der Waals surface area (Å²) >= 11 is 0. The number of rotatable bonds is 2. The van der Waals surface area contributed by atoms with Gasteiger partial charge >= 0.3 is 5.97 Å². The quantitative estimate of drug-likeness (QED) is 0.499. The molecule has 0 amide bonds. The molecule has 2 heteroatoms. The van der Waals surface area contributed by atoms with Crippen LogP contribution >= 0.6 is 0 Å². The lowest BCUT2D eigenvalue weighted by molar-refractivity contribution is -0.131. The molecule has 0 heterocycles. The van der Waals surface area contributed by atoms with E-state index in [4.69, 9.17) is 5.11 Å². The third-order valence-corrected chi connectivity index (χ3v) is 2.82. The number of aliphatic carboxylic acids is 1. The van der Waals surface area contributed by atoms with Crippen molar-refractivity contribution in [3.63, 3.8) is 0 Å². The minimum atomic E-state index is -0.832. The Kier molecular flexibility index (Phi) is 1.75. The fourth-order valence-corrected chi connectivity index (χ4v) is 2.25. The van der Waals surface area contributed by atoms with Crippen LogP contribution in [0.4, 0.5) is 0 Å². The smallest absolute Gasteiger partial charge is 0.327 e. The normalized spacial score (nSPS) is 38.2. The Morgan fingerprint density at radius 2 is 2.25 bits per heavy atom. The number of carboxylic acids is 1. The van der Waals surface area contributed by atoms with E-state index in [1.165, 1.54) is 12.5 Å². The molecule has 2 aliphatic rings. The van der Waals surface area contributed by atoms with Crippen LogP contribution in [-0.4, -0.2) is 11.1 Å². The Morgan fingerprint density at radius 3 is 2.75 bits per heavy atom. The molecule has 0 spiro atoms. The van der Waals surface area contributed by atoms with Crippen molar-refractivity contribution in [2.45, 2.75) is 12.8 Å². The summed E-state index contributed by atoms with van der Waals surface area (Å²) in [6.07, 6.45) is 9.98. The van der Waals surface area contributed by atoms with Crippen LogP contribution in [0.3, 0.4) is 0 Å². The van der Waals surface area contributed by atoms with Gasteiger partial charge in [-0.3, -0.25) is 0 Å². The first-order chi connectivity index (χ1) is 5.75. The van der Waals surface area contributed by atoms with Crippen molar-refractivity contribution in [2.75, 3.05) is 0 Å². The number of hydrogen-bond acceptors (Lipinski definition) is 1. The van der Waals surface area contributed by atoms with Crippen LogP contribution in [0.1, 0.15) is 12.8 Å².